The lowest BCUT2D eigenvalue weighted by Crippen LogP contribution is -2.32. The van der Waals surface area contributed by atoms with E-state index in [4.69, 9.17) is 11.6 Å². The number of hydrogen-bond acceptors (Lipinski definition) is 1. The quantitative estimate of drug-likeness (QED) is 0.837. The number of halogens is 1. The highest BCUT2D eigenvalue weighted by Gasteiger charge is 2.21. The van der Waals surface area contributed by atoms with Crippen molar-refractivity contribution < 1.29 is 0 Å². The molecule has 18 heavy (non-hydrogen) atoms. The van der Waals surface area contributed by atoms with Gasteiger partial charge >= 0.3 is 0 Å². The first-order valence-electron chi connectivity index (χ1n) is 7.11. The van der Waals surface area contributed by atoms with Gasteiger partial charge in [-0.05, 0) is 62.3 Å². The van der Waals surface area contributed by atoms with E-state index >= 15 is 0 Å². The van der Waals surface area contributed by atoms with Crippen molar-refractivity contribution in [3.8, 4) is 0 Å². The Morgan fingerprint density at radius 2 is 2.00 bits per heavy atom. The van der Waals surface area contributed by atoms with Gasteiger partial charge in [-0.3, -0.25) is 0 Å². The molecule has 0 aromatic heterocycles. The van der Waals surface area contributed by atoms with Crippen LogP contribution in [0.3, 0.4) is 0 Å². The van der Waals surface area contributed by atoms with Gasteiger partial charge in [0.1, 0.15) is 0 Å². The monoisotopic (exact) mass is 265 g/mol. The van der Waals surface area contributed by atoms with Crippen LogP contribution >= 0.6 is 11.6 Å². The molecule has 1 fully saturated rings. The van der Waals surface area contributed by atoms with Crippen LogP contribution in [0.25, 0.3) is 0 Å². The van der Waals surface area contributed by atoms with Crippen LogP contribution in [-0.2, 0) is 6.42 Å². The standard InChI is InChI=1S/C16H24ClN/c1-12-3-4-15(9-12)11-18-13(2)10-14-5-7-16(17)8-6-14/h5-8,12-13,15,18H,3-4,9-11H2,1-2H3. The van der Waals surface area contributed by atoms with E-state index in [-0.39, 0.29) is 0 Å². The molecule has 0 amide bonds. The molecule has 2 rings (SSSR count). The third-order valence-electron chi connectivity index (χ3n) is 4.01. The maximum Gasteiger partial charge on any atom is 0.0406 e. The molecule has 3 unspecified atom stereocenters. The van der Waals surface area contributed by atoms with Gasteiger partial charge in [0, 0.05) is 11.1 Å². The molecule has 1 N–H and O–H groups in total. The highest BCUT2D eigenvalue weighted by Crippen LogP contribution is 2.29. The summed E-state index contributed by atoms with van der Waals surface area (Å²) in [6.07, 6.45) is 5.31. The molecule has 0 aliphatic heterocycles. The number of hydrogen-bond donors (Lipinski definition) is 1. The highest BCUT2D eigenvalue weighted by molar-refractivity contribution is 6.30. The Balaban J connectivity index is 1.71. The molecular formula is C16H24ClN. The lowest BCUT2D eigenvalue weighted by molar-refractivity contribution is 0.433. The van der Waals surface area contributed by atoms with Crippen molar-refractivity contribution in [2.24, 2.45) is 11.8 Å². The zero-order chi connectivity index (χ0) is 13.0. The molecule has 0 heterocycles. The maximum atomic E-state index is 5.89. The number of nitrogens with one attached hydrogen (secondary N) is 1. The lowest BCUT2D eigenvalue weighted by atomic mass is 10.0. The first kappa shape index (κ1) is 13.9. The SMILES string of the molecule is CC1CCC(CNC(C)Cc2ccc(Cl)cc2)C1. The fourth-order valence-electron chi connectivity index (χ4n) is 2.92. The molecule has 3 atom stereocenters. The molecule has 0 saturated heterocycles. The lowest BCUT2D eigenvalue weighted by Gasteiger charge is -2.17. The second-order valence-corrected chi connectivity index (χ2v) is 6.36. The largest absolute Gasteiger partial charge is 0.314 e. The molecule has 1 saturated carbocycles. The Morgan fingerprint density at radius 3 is 2.61 bits per heavy atom. The van der Waals surface area contributed by atoms with Crippen molar-refractivity contribution >= 4 is 11.6 Å². The van der Waals surface area contributed by atoms with E-state index in [0.29, 0.717) is 6.04 Å². The van der Waals surface area contributed by atoms with Crippen LogP contribution in [0.5, 0.6) is 0 Å². The van der Waals surface area contributed by atoms with E-state index in [0.717, 1.165) is 23.3 Å². The van der Waals surface area contributed by atoms with Crippen LogP contribution < -0.4 is 5.32 Å². The summed E-state index contributed by atoms with van der Waals surface area (Å²) in [6.45, 7) is 5.82. The molecule has 100 valence electrons. The van der Waals surface area contributed by atoms with Gasteiger partial charge in [-0.25, -0.2) is 0 Å². The molecular weight excluding hydrogens is 242 g/mol. The van der Waals surface area contributed by atoms with Gasteiger partial charge in [-0.2, -0.15) is 0 Å². The topological polar surface area (TPSA) is 12.0 Å². The fraction of sp³-hybridized carbons (Fsp3) is 0.625. The van der Waals surface area contributed by atoms with Crippen molar-refractivity contribution in [3.05, 3.63) is 34.9 Å². The van der Waals surface area contributed by atoms with Gasteiger partial charge in [0.2, 0.25) is 0 Å². The van der Waals surface area contributed by atoms with E-state index in [9.17, 15) is 0 Å². The second kappa shape index (κ2) is 6.58. The van der Waals surface area contributed by atoms with Gasteiger partial charge in [0.05, 0.1) is 0 Å². The van der Waals surface area contributed by atoms with E-state index in [1.165, 1.54) is 31.4 Å². The predicted octanol–water partition coefficient (Wildman–Crippen LogP) is 4.30. The predicted molar refractivity (Wildman–Crippen MR) is 79.1 cm³/mol. The van der Waals surface area contributed by atoms with Crippen molar-refractivity contribution in [1.29, 1.82) is 0 Å². The molecule has 1 aliphatic carbocycles. The summed E-state index contributed by atoms with van der Waals surface area (Å²) in [4.78, 5) is 0. The molecule has 2 heteroatoms. The van der Waals surface area contributed by atoms with Crippen LogP contribution in [0.2, 0.25) is 5.02 Å². The van der Waals surface area contributed by atoms with Crippen LogP contribution in [0.1, 0.15) is 38.7 Å². The molecule has 0 spiro atoms. The third kappa shape index (κ3) is 4.29. The zero-order valence-electron chi connectivity index (χ0n) is 11.5. The first-order chi connectivity index (χ1) is 8.63. The Kier molecular flexibility index (Phi) is 5.08. The third-order valence-corrected chi connectivity index (χ3v) is 4.27. The summed E-state index contributed by atoms with van der Waals surface area (Å²) >= 11 is 5.89. The molecule has 1 aliphatic rings. The summed E-state index contributed by atoms with van der Waals surface area (Å²) in [5.74, 6) is 1.83. The minimum absolute atomic E-state index is 0.544. The van der Waals surface area contributed by atoms with Gasteiger partial charge in [-0.15, -0.1) is 0 Å². The minimum Gasteiger partial charge on any atom is -0.314 e. The zero-order valence-corrected chi connectivity index (χ0v) is 12.2. The van der Waals surface area contributed by atoms with Crippen LogP contribution in [0.4, 0.5) is 0 Å². The van der Waals surface area contributed by atoms with Crippen LogP contribution in [-0.4, -0.2) is 12.6 Å². The summed E-state index contributed by atoms with van der Waals surface area (Å²) in [7, 11) is 0. The Bertz CT molecular complexity index is 360. The van der Waals surface area contributed by atoms with Crippen molar-refractivity contribution in [2.75, 3.05) is 6.54 Å². The Labute approximate surface area is 116 Å². The fourth-order valence-corrected chi connectivity index (χ4v) is 3.05. The Hall–Kier alpha value is -0.530. The van der Waals surface area contributed by atoms with Gasteiger partial charge in [-0.1, -0.05) is 37.1 Å². The second-order valence-electron chi connectivity index (χ2n) is 5.92. The van der Waals surface area contributed by atoms with E-state index in [1.807, 2.05) is 12.1 Å². The summed E-state index contributed by atoms with van der Waals surface area (Å²) in [6, 6.07) is 8.74. The van der Waals surface area contributed by atoms with Gasteiger partial charge in [0.15, 0.2) is 0 Å². The first-order valence-corrected chi connectivity index (χ1v) is 7.49. The summed E-state index contributed by atoms with van der Waals surface area (Å²) in [5, 5.41) is 4.49. The normalized spacial score (nSPS) is 25.3. The van der Waals surface area contributed by atoms with Crippen LogP contribution in [0, 0.1) is 11.8 Å². The van der Waals surface area contributed by atoms with Crippen molar-refractivity contribution in [1.82, 2.24) is 5.32 Å². The molecule has 0 bridgehead atoms. The Morgan fingerprint density at radius 1 is 1.28 bits per heavy atom. The summed E-state index contributed by atoms with van der Waals surface area (Å²) in [5.41, 5.74) is 1.36. The van der Waals surface area contributed by atoms with Gasteiger partial charge in [0.25, 0.3) is 0 Å². The van der Waals surface area contributed by atoms with E-state index < -0.39 is 0 Å². The van der Waals surface area contributed by atoms with Gasteiger partial charge < -0.3 is 5.32 Å². The van der Waals surface area contributed by atoms with E-state index in [2.05, 4.69) is 31.3 Å². The van der Waals surface area contributed by atoms with Crippen molar-refractivity contribution in [3.63, 3.8) is 0 Å². The molecule has 0 radical (unpaired) electrons. The number of benzene rings is 1. The molecule has 1 nitrogen and oxygen atoms in total. The van der Waals surface area contributed by atoms with E-state index in [1.54, 1.807) is 0 Å². The average Bonchev–Trinajstić information content (AvgIpc) is 2.76. The smallest absolute Gasteiger partial charge is 0.0406 e. The highest BCUT2D eigenvalue weighted by atomic mass is 35.5. The maximum absolute atomic E-state index is 5.89. The molecule has 1 aromatic carbocycles. The average molecular weight is 266 g/mol. The van der Waals surface area contributed by atoms with Crippen LogP contribution in [0.15, 0.2) is 24.3 Å². The van der Waals surface area contributed by atoms with Crippen molar-refractivity contribution in [2.45, 2.75) is 45.6 Å². The minimum atomic E-state index is 0.544. The number of rotatable bonds is 5. The molecule has 1 aromatic rings. The summed E-state index contributed by atoms with van der Waals surface area (Å²) < 4.78 is 0.